The molecule has 1 rings (SSSR count). The fourth-order valence-corrected chi connectivity index (χ4v) is 1.76. The van der Waals surface area contributed by atoms with Crippen LogP contribution < -0.4 is 0 Å². The molecule has 0 radical (unpaired) electrons. The number of carbonyl (C=O) groups excluding carboxylic acids is 1. The van der Waals surface area contributed by atoms with Crippen molar-refractivity contribution in [3.8, 4) is 0 Å². The van der Waals surface area contributed by atoms with Crippen LogP contribution in [0.25, 0.3) is 0 Å². The zero-order valence-corrected chi connectivity index (χ0v) is 10.6. The maximum atomic E-state index is 11.8. The summed E-state index contributed by atoms with van der Waals surface area (Å²) in [4.78, 5) is 11.8. The number of hydrogen-bond acceptors (Lipinski definition) is 1. The average molecular weight is 237 g/mol. The maximum absolute atomic E-state index is 11.8. The summed E-state index contributed by atoms with van der Waals surface area (Å²) >= 11 is 6.00. The minimum atomic E-state index is 0.131. The number of carbonyl (C=O) groups is 1. The van der Waals surface area contributed by atoms with Crippen LogP contribution in [0.3, 0.4) is 0 Å². The van der Waals surface area contributed by atoms with Crippen LogP contribution in [0.2, 0.25) is 5.02 Å². The largest absolute Gasteiger partial charge is 0.294 e. The molecule has 1 aromatic carbocycles. The molecule has 0 heterocycles. The molecule has 0 aliphatic rings. The molecule has 0 amide bonds. The molecule has 1 aromatic rings. The molecule has 0 aliphatic heterocycles. The van der Waals surface area contributed by atoms with Gasteiger partial charge in [-0.1, -0.05) is 49.2 Å². The van der Waals surface area contributed by atoms with Crippen LogP contribution in [0.1, 0.15) is 32.3 Å². The normalized spacial score (nSPS) is 9.94. The van der Waals surface area contributed by atoms with E-state index in [2.05, 4.69) is 13.8 Å². The van der Waals surface area contributed by atoms with E-state index in [1.165, 1.54) is 5.57 Å². The molecule has 0 aliphatic carbocycles. The predicted octanol–water partition coefficient (Wildman–Crippen LogP) is 4.20. The van der Waals surface area contributed by atoms with Gasteiger partial charge in [0.2, 0.25) is 0 Å². The molecule has 0 aromatic heterocycles. The van der Waals surface area contributed by atoms with Crippen molar-refractivity contribution in [1.82, 2.24) is 0 Å². The van der Waals surface area contributed by atoms with Crippen LogP contribution in [0, 0.1) is 0 Å². The fourth-order valence-electron chi connectivity index (χ4n) is 1.56. The summed E-state index contributed by atoms with van der Waals surface area (Å²) in [7, 11) is 0. The van der Waals surface area contributed by atoms with Gasteiger partial charge in [0.1, 0.15) is 0 Å². The highest BCUT2D eigenvalue weighted by Gasteiger charge is 2.04. The van der Waals surface area contributed by atoms with Crippen molar-refractivity contribution in [3.05, 3.63) is 46.5 Å². The number of benzene rings is 1. The van der Waals surface area contributed by atoms with E-state index in [4.69, 9.17) is 11.6 Å². The van der Waals surface area contributed by atoms with Gasteiger partial charge in [0, 0.05) is 11.4 Å². The Morgan fingerprint density at radius 2 is 1.88 bits per heavy atom. The van der Waals surface area contributed by atoms with Gasteiger partial charge in [0.25, 0.3) is 0 Å². The van der Waals surface area contributed by atoms with Crippen molar-refractivity contribution < 1.29 is 4.79 Å². The van der Waals surface area contributed by atoms with Gasteiger partial charge in [-0.2, -0.15) is 0 Å². The first-order chi connectivity index (χ1) is 7.67. The van der Waals surface area contributed by atoms with Gasteiger partial charge >= 0.3 is 0 Å². The molecule has 2 heteroatoms. The van der Waals surface area contributed by atoms with E-state index in [1.807, 2.05) is 24.3 Å². The molecule has 0 atom stereocenters. The van der Waals surface area contributed by atoms with Crippen LogP contribution in [-0.4, -0.2) is 5.78 Å². The van der Waals surface area contributed by atoms with Gasteiger partial charge in [0.05, 0.1) is 0 Å². The number of allylic oxidation sites excluding steroid dienone is 2. The highest BCUT2D eigenvalue weighted by atomic mass is 35.5. The van der Waals surface area contributed by atoms with E-state index in [0.29, 0.717) is 11.4 Å². The third-order valence-electron chi connectivity index (χ3n) is 2.60. The first-order valence-corrected chi connectivity index (χ1v) is 6.00. The molecule has 0 spiro atoms. The minimum Gasteiger partial charge on any atom is -0.294 e. The number of ketones is 1. The quantitative estimate of drug-likeness (QED) is 0.701. The van der Waals surface area contributed by atoms with E-state index in [1.54, 1.807) is 6.08 Å². The Hall–Kier alpha value is -1.08. The summed E-state index contributed by atoms with van der Waals surface area (Å²) in [5, 5.41) is 0.666. The molecule has 0 unspecified atom stereocenters. The third-order valence-corrected chi connectivity index (χ3v) is 2.96. The molecule has 1 nitrogen and oxygen atoms in total. The zero-order chi connectivity index (χ0) is 12.0. The highest BCUT2D eigenvalue weighted by Crippen LogP contribution is 2.16. The fraction of sp³-hybridized carbons (Fsp3) is 0.357. The predicted molar refractivity (Wildman–Crippen MR) is 68.8 cm³/mol. The Balaban J connectivity index is 2.72. The van der Waals surface area contributed by atoms with Crippen LogP contribution in [0.5, 0.6) is 0 Å². The lowest BCUT2D eigenvalue weighted by Crippen LogP contribution is -2.00. The van der Waals surface area contributed by atoms with Gasteiger partial charge in [-0.15, -0.1) is 0 Å². The number of hydrogen-bond donors (Lipinski definition) is 0. The summed E-state index contributed by atoms with van der Waals surface area (Å²) in [6, 6.07) is 7.48. The average Bonchev–Trinajstić information content (AvgIpc) is 2.29. The second kappa shape index (κ2) is 6.49. The van der Waals surface area contributed by atoms with E-state index < -0.39 is 0 Å². The second-order valence-electron chi connectivity index (χ2n) is 3.74. The summed E-state index contributed by atoms with van der Waals surface area (Å²) in [5.74, 6) is 0.131. The van der Waals surface area contributed by atoms with E-state index in [-0.39, 0.29) is 5.78 Å². The van der Waals surface area contributed by atoms with E-state index in [9.17, 15) is 4.79 Å². The lowest BCUT2D eigenvalue weighted by Gasteiger charge is -2.02. The standard InChI is InChI=1S/C14H17ClO/c1-3-11(4-2)9-13(16)10-12-7-5-6-8-14(12)15/h5-9H,3-4,10H2,1-2H3. The Bertz CT molecular complexity index is 387. The van der Waals surface area contributed by atoms with Crippen molar-refractivity contribution in [2.45, 2.75) is 33.1 Å². The molecule has 0 bridgehead atoms. The van der Waals surface area contributed by atoms with E-state index >= 15 is 0 Å². The van der Waals surface area contributed by atoms with Crippen LogP contribution in [-0.2, 0) is 11.2 Å². The van der Waals surface area contributed by atoms with Crippen molar-refractivity contribution >= 4 is 17.4 Å². The first-order valence-electron chi connectivity index (χ1n) is 5.63. The number of halogens is 1. The number of rotatable bonds is 5. The molecular formula is C14H17ClO. The molecular weight excluding hydrogens is 220 g/mol. The Morgan fingerprint density at radius 3 is 2.44 bits per heavy atom. The SMILES string of the molecule is CCC(=CC(=O)Cc1ccccc1Cl)CC. The molecule has 0 N–H and O–H groups in total. The maximum Gasteiger partial charge on any atom is 0.160 e. The monoisotopic (exact) mass is 236 g/mol. The van der Waals surface area contributed by atoms with Gasteiger partial charge in [-0.05, 0) is 30.5 Å². The molecule has 0 saturated carbocycles. The summed E-state index contributed by atoms with van der Waals surface area (Å²) in [6.07, 6.45) is 4.02. The van der Waals surface area contributed by atoms with Gasteiger partial charge < -0.3 is 0 Å². The molecule has 0 fully saturated rings. The lowest BCUT2D eigenvalue weighted by atomic mass is 10.0. The first kappa shape index (κ1) is 13.0. The van der Waals surface area contributed by atoms with E-state index in [0.717, 1.165) is 18.4 Å². The van der Waals surface area contributed by atoms with Gasteiger partial charge in [-0.25, -0.2) is 0 Å². The van der Waals surface area contributed by atoms with Crippen LogP contribution >= 0.6 is 11.6 Å². The van der Waals surface area contributed by atoms with Crippen molar-refractivity contribution in [2.75, 3.05) is 0 Å². The second-order valence-corrected chi connectivity index (χ2v) is 4.15. The smallest absolute Gasteiger partial charge is 0.160 e. The van der Waals surface area contributed by atoms with Crippen molar-refractivity contribution in [1.29, 1.82) is 0 Å². The minimum absolute atomic E-state index is 0.131. The lowest BCUT2D eigenvalue weighted by molar-refractivity contribution is -0.114. The van der Waals surface area contributed by atoms with Crippen molar-refractivity contribution in [3.63, 3.8) is 0 Å². The molecule has 16 heavy (non-hydrogen) atoms. The van der Waals surface area contributed by atoms with Gasteiger partial charge in [-0.3, -0.25) is 4.79 Å². The highest BCUT2D eigenvalue weighted by molar-refractivity contribution is 6.31. The zero-order valence-electron chi connectivity index (χ0n) is 9.79. The topological polar surface area (TPSA) is 17.1 Å². The van der Waals surface area contributed by atoms with Gasteiger partial charge in [0.15, 0.2) is 5.78 Å². The Labute approximate surface area is 102 Å². The summed E-state index contributed by atoms with van der Waals surface area (Å²) in [6.45, 7) is 4.14. The summed E-state index contributed by atoms with van der Waals surface area (Å²) in [5.41, 5.74) is 2.09. The van der Waals surface area contributed by atoms with Crippen LogP contribution in [0.4, 0.5) is 0 Å². The van der Waals surface area contributed by atoms with Crippen LogP contribution in [0.15, 0.2) is 35.9 Å². The summed E-state index contributed by atoms with van der Waals surface area (Å²) < 4.78 is 0. The third kappa shape index (κ3) is 3.82. The Kier molecular flexibility index (Phi) is 5.27. The molecule has 0 saturated heterocycles. The molecule has 86 valence electrons. The Morgan fingerprint density at radius 1 is 1.25 bits per heavy atom. The van der Waals surface area contributed by atoms with Crippen molar-refractivity contribution in [2.24, 2.45) is 0 Å².